The first kappa shape index (κ1) is 9.85. The highest BCUT2D eigenvalue weighted by Crippen LogP contribution is 2.10. The average molecular weight is 266 g/mol. The Balaban J connectivity index is 2.45. The molecule has 0 aliphatic carbocycles. The Morgan fingerprint density at radius 2 is 2.27 bits per heavy atom. The van der Waals surface area contributed by atoms with Crippen molar-refractivity contribution in [3.05, 3.63) is 40.8 Å². The van der Waals surface area contributed by atoms with Crippen LogP contribution in [0.2, 0.25) is 0 Å². The van der Waals surface area contributed by atoms with Crippen LogP contribution in [0.5, 0.6) is 0 Å². The number of nitrogens with two attached hydrogens (primary N) is 1. The summed E-state index contributed by atoms with van der Waals surface area (Å²) in [4.78, 5) is 4.19. The summed E-state index contributed by atoms with van der Waals surface area (Å²) in [7, 11) is 0. The van der Waals surface area contributed by atoms with Crippen LogP contribution >= 0.6 is 15.9 Å². The van der Waals surface area contributed by atoms with Crippen molar-refractivity contribution in [3.8, 4) is 5.82 Å². The van der Waals surface area contributed by atoms with Gasteiger partial charge in [-0.2, -0.15) is 5.10 Å². The molecule has 0 aliphatic rings. The summed E-state index contributed by atoms with van der Waals surface area (Å²) in [5, 5.41) is 11.4. The Labute approximate surface area is 94.6 Å². The van der Waals surface area contributed by atoms with E-state index in [2.05, 4.69) is 26.0 Å². The van der Waals surface area contributed by atoms with Gasteiger partial charge in [0.2, 0.25) is 0 Å². The molecule has 76 valence electrons. The molecule has 6 heteroatoms. The van der Waals surface area contributed by atoms with Crippen LogP contribution in [-0.2, 0) is 0 Å². The third-order valence-electron chi connectivity index (χ3n) is 1.80. The van der Waals surface area contributed by atoms with Crippen LogP contribution in [-0.4, -0.2) is 20.6 Å². The van der Waals surface area contributed by atoms with Gasteiger partial charge in [-0.05, 0) is 28.1 Å². The molecular formula is C9H8BrN5. The average Bonchev–Trinajstić information content (AvgIpc) is 2.65. The largest absolute Gasteiger partial charge is 0.382 e. The highest BCUT2D eigenvalue weighted by molar-refractivity contribution is 9.10. The first-order valence-corrected chi connectivity index (χ1v) is 4.98. The summed E-state index contributed by atoms with van der Waals surface area (Å²) in [6.07, 6.45) is 3.45. The highest BCUT2D eigenvalue weighted by Gasteiger charge is 2.03. The lowest BCUT2D eigenvalue weighted by atomic mass is 10.3. The molecule has 2 aromatic rings. The van der Waals surface area contributed by atoms with E-state index in [4.69, 9.17) is 11.1 Å². The predicted molar refractivity (Wildman–Crippen MR) is 60.1 cm³/mol. The topological polar surface area (TPSA) is 80.6 Å². The molecule has 15 heavy (non-hydrogen) atoms. The summed E-state index contributed by atoms with van der Waals surface area (Å²) in [6.45, 7) is 0. The van der Waals surface area contributed by atoms with E-state index in [0.29, 0.717) is 11.5 Å². The number of amidine groups is 1. The summed E-state index contributed by atoms with van der Waals surface area (Å²) >= 11 is 3.30. The molecule has 0 aliphatic heterocycles. The van der Waals surface area contributed by atoms with Crippen LogP contribution in [0.15, 0.2) is 35.1 Å². The quantitative estimate of drug-likeness (QED) is 0.635. The maximum Gasteiger partial charge on any atom is 0.154 e. The summed E-state index contributed by atoms with van der Waals surface area (Å²) in [5.41, 5.74) is 5.79. The second-order valence-corrected chi connectivity index (χ2v) is 3.81. The molecule has 0 fully saturated rings. The molecule has 0 saturated heterocycles. The van der Waals surface area contributed by atoms with Crippen molar-refractivity contribution in [2.24, 2.45) is 5.73 Å². The number of nitrogen functional groups attached to an aromatic ring is 1. The van der Waals surface area contributed by atoms with Crippen LogP contribution in [0.1, 0.15) is 5.69 Å². The van der Waals surface area contributed by atoms with Crippen LogP contribution < -0.4 is 5.73 Å². The lowest BCUT2D eigenvalue weighted by Crippen LogP contribution is -2.14. The Bertz CT molecular complexity index is 505. The van der Waals surface area contributed by atoms with E-state index in [0.717, 1.165) is 4.47 Å². The molecule has 3 N–H and O–H groups in total. The third-order valence-corrected chi connectivity index (χ3v) is 2.21. The molecule has 5 nitrogen and oxygen atoms in total. The number of aromatic nitrogens is 3. The minimum Gasteiger partial charge on any atom is -0.382 e. The van der Waals surface area contributed by atoms with Crippen molar-refractivity contribution >= 4 is 21.8 Å². The molecule has 0 saturated carbocycles. The molecule has 0 radical (unpaired) electrons. The van der Waals surface area contributed by atoms with Gasteiger partial charge in [0.1, 0.15) is 11.5 Å². The minimum absolute atomic E-state index is 0.0527. The first-order chi connectivity index (χ1) is 7.16. The molecule has 2 rings (SSSR count). The van der Waals surface area contributed by atoms with Crippen molar-refractivity contribution in [2.75, 3.05) is 0 Å². The molecule has 2 aromatic heterocycles. The molecule has 0 aromatic carbocycles. The predicted octanol–water partition coefficient (Wildman–Crippen LogP) is 1.31. The monoisotopic (exact) mass is 265 g/mol. The van der Waals surface area contributed by atoms with Crippen LogP contribution in [0.25, 0.3) is 5.82 Å². The molecule has 0 atom stereocenters. The second kappa shape index (κ2) is 3.82. The van der Waals surface area contributed by atoms with Gasteiger partial charge < -0.3 is 5.73 Å². The maximum atomic E-state index is 7.28. The van der Waals surface area contributed by atoms with Crippen molar-refractivity contribution < 1.29 is 0 Å². The Hall–Kier alpha value is -1.69. The van der Waals surface area contributed by atoms with Crippen molar-refractivity contribution in [1.29, 1.82) is 5.41 Å². The molecule has 0 unspecified atom stereocenters. The second-order valence-electron chi connectivity index (χ2n) is 2.90. The van der Waals surface area contributed by atoms with Gasteiger partial charge >= 0.3 is 0 Å². The Morgan fingerprint density at radius 3 is 2.87 bits per heavy atom. The first-order valence-electron chi connectivity index (χ1n) is 4.19. The maximum absolute atomic E-state index is 7.28. The fourth-order valence-corrected chi connectivity index (χ4v) is 1.41. The number of pyridine rings is 1. The molecule has 0 spiro atoms. The number of nitrogens with zero attached hydrogens (tertiary/aromatic N) is 3. The van der Waals surface area contributed by atoms with E-state index < -0.39 is 0 Å². The SMILES string of the molecule is N=C(N)c1cccc(-n2cc(Br)cn2)n1. The lowest BCUT2D eigenvalue weighted by Gasteiger charge is -2.02. The van der Waals surface area contributed by atoms with Crippen molar-refractivity contribution in [2.45, 2.75) is 0 Å². The summed E-state index contributed by atoms with van der Waals surface area (Å²) in [5.74, 6) is 0.580. The van der Waals surface area contributed by atoms with Gasteiger partial charge in [0.15, 0.2) is 5.82 Å². The van der Waals surface area contributed by atoms with E-state index in [1.807, 2.05) is 0 Å². The number of rotatable bonds is 2. The Kier molecular flexibility index (Phi) is 2.51. The van der Waals surface area contributed by atoms with Gasteiger partial charge in [0.25, 0.3) is 0 Å². The van der Waals surface area contributed by atoms with Gasteiger partial charge in [-0.25, -0.2) is 9.67 Å². The number of nitrogens with one attached hydrogen (secondary N) is 1. The molecule has 0 bridgehead atoms. The zero-order valence-electron chi connectivity index (χ0n) is 7.68. The zero-order chi connectivity index (χ0) is 10.8. The minimum atomic E-state index is -0.0527. The lowest BCUT2D eigenvalue weighted by molar-refractivity contribution is 0.845. The van der Waals surface area contributed by atoms with Crippen molar-refractivity contribution in [3.63, 3.8) is 0 Å². The molecule has 0 amide bonds. The third kappa shape index (κ3) is 2.04. The van der Waals surface area contributed by atoms with Crippen LogP contribution in [0.3, 0.4) is 0 Å². The smallest absolute Gasteiger partial charge is 0.154 e. The van der Waals surface area contributed by atoms with E-state index in [1.165, 1.54) is 0 Å². The summed E-state index contributed by atoms with van der Waals surface area (Å²) < 4.78 is 2.48. The van der Waals surface area contributed by atoms with Crippen molar-refractivity contribution in [1.82, 2.24) is 14.8 Å². The fraction of sp³-hybridized carbons (Fsp3) is 0. The standard InChI is InChI=1S/C9H8BrN5/c10-6-4-13-15(5-6)8-3-1-2-7(14-8)9(11)12/h1-5H,(H3,11,12). The van der Waals surface area contributed by atoms with E-state index in [-0.39, 0.29) is 5.84 Å². The van der Waals surface area contributed by atoms with Gasteiger partial charge in [0.05, 0.1) is 10.7 Å². The molecule has 2 heterocycles. The van der Waals surface area contributed by atoms with E-state index in [9.17, 15) is 0 Å². The molecular weight excluding hydrogens is 258 g/mol. The van der Waals surface area contributed by atoms with Gasteiger partial charge in [-0.15, -0.1) is 0 Å². The fourth-order valence-electron chi connectivity index (χ4n) is 1.13. The van der Waals surface area contributed by atoms with Gasteiger partial charge in [-0.3, -0.25) is 5.41 Å². The number of hydrogen-bond donors (Lipinski definition) is 2. The van der Waals surface area contributed by atoms with E-state index in [1.54, 1.807) is 35.3 Å². The normalized spacial score (nSPS) is 10.2. The highest BCUT2D eigenvalue weighted by atomic mass is 79.9. The summed E-state index contributed by atoms with van der Waals surface area (Å²) in [6, 6.07) is 5.27. The van der Waals surface area contributed by atoms with Gasteiger partial charge in [0, 0.05) is 6.20 Å². The number of hydrogen-bond acceptors (Lipinski definition) is 3. The zero-order valence-corrected chi connectivity index (χ0v) is 9.27. The van der Waals surface area contributed by atoms with Crippen LogP contribution in [0.4, 0.5) is 0 Å². The number of halogens is 1. The van der Waals surface area contributed by atoms with E-state index >= 15 is 0 Å². The van der Waals surface area contributed by atoms with Crippen LogP contribution in [0, 0.1) is 5.41 Å². The van der Waals surface area contributed by atoms with Gasteiger partial charge in [-0.1, -0.05) is 6.07 Å². The Morgan fingerprint density at radius 1 is 1.47 bits per heavy atom.